The molecule has 0 aromatic heterocycles. The molecule has 0 unspecified atom stereocenters. The Bertz CT molecular complexity index is 685. The predicted octanol–water partition coefficient (Wildman–Crippen LogP) is 6.50. The van der Waals surface area contributed by atoms with Gasteiger partial charge >= 0.3 is 0 Å². The number of aryl methyl sites for hydroxylation is 2. The van der Waals surface area contributed by atoms with Gasteiger partial charge in [-0.15, -0.1) is 0 Å². The summed E-state index contributed by atoms with van der Waals surface area (Å²) >= 11 is 0. The second-order valence-corrected chi connectivity index (χ2v) is 5.63. The molecular formula is C20H21F3. The van der Waals surface area contributed by atoms with Gasteiger partial charge in [0.05, 0.1) is 0 Å². The first-order valence-corrected chi connectivity index (χ1v) is 8.00. The second kappa shape index (κ2) is 8.00. The summed E-state index contributed by atoms with van der Waals surface area (Å²) in [6.07, 6.45) is 3.28. The fourth-order valence-corrected chi connectivity index (χ4v) is 2.52. The van der Waals surface area contributed by atoms with E-state index < -0.39 is 17.5 Å². The van der Waals surface area contributed by atoms with Gasteiger partial charge in [0.2, 0.25) is 0 Å². The van der Waals surface area contributed by atoms with Crippen LogP contribution in [0, 0.1) is 5.82 Å². The van der Waals surface area contributed by atoms with Gasteiger partial charge in [0, 0.05) is 11.1 Å². The number of halogens is 3. The largest absolute Gasteiger partial charge is 0.207 e. The van der Waals surface area contributed by atoms with Crippen LogP contribution in [0.4, 0.5) is 13.2 Å². The van der Waals surface area contributed by atoms with E-state index in [0.29, 0.717) is 12.0 Å². The van der Waals surface area contributed by atoms with Crippen molar-refractivity contribution in [3.63, 3.8) is 0 Å². The van der Waals surface area contributed by atoms with Crippen molar-refractivity contribution in [2.75, 3.05) is 0 Å². The van der Waals surface area contributed by atoms with Crippen LogP contribution in [0.2, 0.25) is 0 Å². The van der Waals surface area contributed by atoms with Crippen molar-refractivity contribution in [3.8, 4) is 0 Å². The molecule has 0 bridgehead atoms. The van der Waals surface area contributed by atoms with Crippen molar-refractivity contribution in [3.05, 3.63) is 70.5 Å². The number of benzene rings is 2. The summed E-state index contributed by atoms with van der Waals surface area (Å²) in [5.41, 5.74) is 1.70. The molecule has 0 aliphatic carbocycles. The summed E-state index contributed by atoms with van der Waals surface area (Å²) < 4.78 is 42.5. The molecule has 0 fully saturated rings. The third-order valence-corrected chi connectivity index (χ3v) is 3.76. The molecule has 0 aliphatic rings. The smallest absolute Gasteiger partial charge is 0.166 e. The van der Waals surface area contributed by atoms with Crippen LogP contribution in [0.1, 0.15) is 48.9 Å². The molecule has 2 aromatic rings. The highest BCUT2D eigenvalue weighted by atomic mass is 19.2. The molecule has 0 saturated carbocycles. The molecule has 0 heterocycles. The van der Waals surface area contributed by atoms with Gasteiger partial charge in [-0.25, -0.2) is 13.2 Å². The zero-order chi connectivity index (χ0) is 16.8. The predicted molar refractivity (Wildman–Crippen MR) is 89.9 cm³/mol. The maximum absolute atomic E-state index is 14.3. The van der Waals surface area contributed by atoms with E-state index in [1.54, 1.807) is 24.3 Å². The van der Waals surface area contributed by atoms with Gasteiger partial charge in [0.15, 0.2) is 11.7 Å². The fraction of sp³-hybridized carbons (Fsp3) is 0.300. The molecule has 0 spiro atoms. The van der Waals surface area contributed by atoms with Crippen LogP contribution in [-0.2, 0) is 12.8 Å². The van der Waals surface area contributed by atoms with Gasteiger partial charge in [0.1, 0.15) is 5.82 Å². The Balaban J connectivity index is 2.30. The average molecular weight is 318 g/mol. The Kier molecular flexibility index (Phi) is 6.03. The Labute approximate surface area is 135 Å². The van der Waals surface area contributed by atoms with Gasteiger partial charge in [-0.05, 0) is 30.0 Å². The minimum absolute atomic E-state index is 0.0718. The molecule has 122 valence electrons. The standard InChI is InChI=1S/C20H21F3/c1-3-5-14-7-9-16(10-8-14)19(22)20(23)17-12-11-15(6-4-2)18(21)13-17/h7-13H,3-6H2,1-2H3/b20-19+. The maximum Gasteiger partial charge on any atom is 0.166 e. The van der Waals surface area contributed by atoms with Crippen LogP contribution in [-0.4, -0.2) is 0 Å². The minimum Gasteiger partial charge on any atom is -0.207 e. The highest BCUT2D eigenvalue weighted by molar-refractivity contribution is 5.83. The Morgan fingerprint density at radius 1 is 0.783 bits per heavy atom. The summed E-state index contributed by atoms with van der Waals surface area (Å²) in [5, 5.41) is 0. The second-order valence-electron chi connectivity index (χ2n) is 5.63. The van der Waals surface area contributed by atoms with Crippen molar-refractivity contribution < 1.29 is 13.2 Å². The Hall–Kier alpha value is -2.03. The molecule has 0 N–H and O–H groups in total. The molecule has 2 rings (SSSR count). The molecule has 0 nitrogen and oxygen atoms in total. The highest BCUT2D eigenvalue weighted by Gasteiger charge is 2.13. The van der Waals surface area contributed by atoms with Crippen LogP contribution in [0.15, 0.2) is 42.5 Å². The summed E-state index contributed by atoms with van der Waals surface area (Å²) in [5.74, 6) is -2.49. The zero-order valence-corrected chi connectivity index (χ0v) is 13.5. The molecule has 0 saturated heterocycles. The van der Waals surface area contributed by atoms with Crippen molar-refractivity contribution in [2.24, 2.45) is 0 Å². The van der Waals surface area contributed by atoms with Gasteiger partial charge < -0.3 is 0 Å². The van der Waals surface area contributed by atoms with Gasteiger partial charge in [-0.1, -0.05) is 63.1 Å². The van der Waals surface area contributed by atoms with E-state index in [0.717, 1.165) is 30.9 Å². The summed E-state index contributed by atoms with van der Waals surface area (Å²) in [7, 11) is 0. The van der Waals surface area contributed by atoms with Crippen LogP contribution < -0.4 is 0 Å². The van der Waals surface area contributed by atoms with Crippen molar-refractivity contribution >= 4 is 11.7 Å². The van der Waals surface area contributed by atoms with Crippen molar-refractivity contribution in [1.82, 2.24) is 0 Å². The Morgan fingerprint density at radius 2 is 1.35 bits per heavy atom. The van der Waals surface area contributed by atoms with Gasteiger partial charge in [-0.3, -0.25) is 0 Å². The van der Waals surface area contributed by atoms with Crippen LogP contribution >= 0.6 is 0 Å². The summed E-state index contributed by atoms with van der Waals surface area (Å²) in [6, 6.07) is 10.7. The van der Waals surface area contributed by atoms with E-state index in [1.165, 1.54) is 12.1 Å². The van der Waals surface area contributed by atoms with Crippen LogP contribution in [0.3, 0.4) is 0 Å². The lowest BCUT2D eigenvalue weighted by molar-refractivity contribution is 0.605. The molecule has 0 amide bonds. The van der Waals surface area contributed by atoms with Gasteiger partial charge in [0.25, 0.3) is 0 Å². The maximum atomic E-state index is 14.3. The molecule has 23 heavy (non-hydrogen) atoms. The van der Waals surface area contributed by atoms with E-state index >= 15 is 0 Å². The third kappa shape index (κ3) is 4.25. The first-order chi connectivity index (χ1) is 11.1. The highest BCUT2D eigenvalue weighted by Crippen LogP contribution is 2.30. The minimum atomic E-state index is -1.03. The molecule has 3 heteroatoms. The number of hydrogen-bond acceptors (Lipinski definition) is 0. The first-order valence-electron chi connectivity index (χ1n) is 8.00. The van der Waals surface area contributed by atoms with E-state index in [1.807, 2.05) is 6.92 Å². The molecular weight excluding hydrogens is 297 g/mol. The zero-order valence-electron chi connectivity index (χ0n) is 13.5. The van der Waals surface area contributed by atoms with E-state index in [2.05, 4.69) is 6.92 Å². The Morgan fingerprint density at radius 3 is 1.91 bits per heavy atom. The average Bonchev–Trinajstić information content (AvgIpc) is 2.56. The fourth-order valence-electron chi connectivity index (χ4n) is 2.52. The SMILES string of the molecule is CCCc1ccc(/C(F)=C(\F)c2ccc(CCC)c(F)c2)cc1. The summed E-state index contributed by atoms with van der Waals surface area (Å²) in [4.78, 5) is 0. The van der Waals surface area contributed by atoms with E-state index in [9.17, 15) is 13.2 Å². The van der Waals surface area contributed by atoms with E-state index in [-0.39, 0.29) is 11.1 Å². The number of rotatable bonds is 6. The van der Waals surface area contributed by atoms with Crippen LogP contribution in [0.5, 0.6) is 0 Å². The van der Waals surface area contributed by atoms with Gasteiger partial charge in [-0.2, -0.15) is 0 Å². The lowest BCUT2D eigenvalue weighted by Gasteiger charge is -2.06. The molecule has 0 aliphatic heterocycles. The molecule has 0 radical (unpaired) electrons. The first kappa shape index (κ1) is 17.3. The molecule has 0 atom stereocenters. The molecule has 2 aromatic carbocycles. The quantitative estimate of drug-likeness (QED) is 0.534. The normalized spacial score (nSPS) is 12.2. The lowest BCUT2D eigenvalue weighted by Crippen LogP contribution is -1.92. The third-order valence-electron chi connectivity index (χ3n) is 3.76. The monoisotopic (exact) mass is 318 g/mol. The summed E-state index contributed by atoms with van der Waals surface area (Å²) in [6.45, 7) is 4.00. The van der Waals surface area contributed by atoms with Crippen molar-refractivity contribution in [1.29, 1.82) is 0 Å². The lowest BCUT2D eigenvalue weighted by atomic mass is 10.0. The van der Waals surface area contributed by atoms with E-state index in [4.69, 9.17) is 0 Å². The number of hydrogen-bond donors (Lipinski definition) is 0. The topological polar surface area (TPSA) is 0 Å². The van der Waals surface area contributed by atoms with Crippen LogP contribution in [0.25, 0.3) is 11.7 Å². The van der Waals surface area contributed by atoms with Crippen molar-refractivity contribution in [2.45, 2.75) is 39.5 Å².